The van der Waals surface area contributed by atoms with E-state index in [9.17, 15) is 0 Å². The highest BCUT2D eigenvalue weighted by Gasteiger charge is 2.15. The zero-order chi connectivity index (χ0) is 9.80. The third-order valence-corrected chi connectivity index (χ3v) is 3.15. The van der Waals surface area contributed by atoms with Crippen LogP contribution in [0.4, 0.5) is 5.82 Å². The molecule has 14 heavy (non-hydrogen) atoms. The molecule has 2 N–H and O–H groups in total. The molecular formula is C9H13N3OS. The van der Waals surface area contributed by atoms with Gasteiger partial charge in [0.2, 0.25) is 0 Å². The molecule has 1 aliphatic heterocycles. The predicted octanol–water partition coefficient (Wildman–Crippen LogP) is 1.33. The molecule has 4 nitrogen and oxygen atoms in total. The maximum absolute atomic E-state index is 5.50. The van der Waals surface area contributed by atoms with Crippen LogP contribution in [0, 0.1) is 0 Å². The number of nitrogen functional groups attached to an aromatic ring is 1. The number of hydrogen-bond acceptors (Lipinski definition) is 5. The number of anilines is 1. The molecule has 0 aliphatic carbocycles. The van der Waals surface area contributed by atoms with Crippen molar-refractivity contribution in [1.82, 2.24) is 10.2 Å². The summed E-state index contributed by atoms with van der Waals surface area (Å²) in [6.45, 7) is 0.901. The van der Waals surface area contributed by atoms with Crippen LogP contribution in [-0.4, -0.2) is 28.7 Å². The molecule has 2 rings (SSSR count). The molecule has 0 amide bonds. The number of aromatic nitrogens is 2. The number of nitrogens with zero attached hydrogens (tertiary/aromatic N) is 2. The van der Waals surface area contributed by atoms with Crippen LogP contribution in [0.5, 0.6) is 0 Å². The highest BCUT2D eigenvalue weighted by atomic mass is 32.2. The molecule has 2 heterocycles. The standard InChI is InChI=1S/C9H13N3OS/c10-8-3-4-9(12-11-8)14-6-7-2-1-5-13-7/h3-4,7H,1-2,5-6H2,(H2,10,11). The van der Waals surface area contributed by atoms with E-state index in [2.05, 4.69) is 10.2 Å². The highest BCUT2D eigenvalue weighted by Crippen LogP contribution is 2.21. The molecular weight excluding hydrogens is 198 g/mol. The summed E-state index contributed by atoms with van der Waals surface area (Å²) in [5.74, 6) is 1.42. The first-order chi connectivity index (χ1) is 6.84. The monoisotopic (exact) mass is 211 g/mol. The van der Waals surface area contributed by atoms with Crippen molar-refractivity contribution in [2.45, 2.75) is 24.0 Å². The molecule has 0 aromatic carbocycles. The number of nitrogens with two attached hydrogens (primary N) is 1. The largest absolute Gasteiger partial charge is 0.382 e. The number of thioether (sulfide) groups is 1. The second-order valence-electron chi connectivity index (χ2n) is 3.24. The van der Waals surface area contributed by atoms with Gasteiger partial charge < -0.3 is 10.5 Å². The van der Waals surface area contributed by atoms with E-state index in [1.807, 2.05) is 6.07 Å². The van der Waals surface area contributed by atoms with Gasteiger partial charge in [-0.3, -0.25) is 0 Å². The van der Waals surface area contributed by atoms with Gasteiger partial charge in [0.1, 0.15) is 10.8 Å². The van der Waals surface area contributed by atoms with Gasteiger partial charge in [0.25, 0.3) is 0 Å². The van der Waals surface area contributed by atoms with Crippen molar-refractivity contribution in [2.75, 3.05) is 18.1 Å². The van der Waals surface area contributed by atoms with Crippen LogP contribution < -0.4 is 5.73 Å². The summed E-state index contributed by atoms with van der Waals surface area (Å²) in [7, 11) is 0. The molecule has 0 spiro atoms. The third kappa shape index (κ3) is 2.59. The second kappa shape index (κ2) is 4.61. The van der Waals surface area contributed by atoms with E-state index in [0.29, 0.717) is 11.9 Å². The zero-order valence-electron chi connectivity index (χ0n) is 7.85. The van der Waals surface area contributed by atoms with Crippen LogP contribution in [-0.2, 0) is 4.74 Å². The van der Waals surface area contributed by atoms with Crippen molar-refractivity contribution in [3.05, 3.63) is 12.1 Å². The second-order valence-corrected chi connectivity index (χ2v) is 4.28. The summed E-state index contributed by atoms with van der Waals surface area (Å²) in [4.78, 5) is 0. The van der Waals surface area contributed by atoms with Crippen LogP contribution in [0.2, 0.25) is 0 Å². The molecule has 0 saturated carbocycles. The molecule has 1 atom stereocenters. The van der Waals surface area contributed by atoms with E-state index < -0.39 is 0 Å². The van der Waals surface area contributed by atoms with Crippen LogP contribution in [0.15, 0.2) is 17.2 Å². The fourth-order valence-electron chi connectivity index (χ4n) is 1.36. The number of rotatable bonds is 3. The molecule has 1 aromatic heterocycles. The fourth-order valence-corrected chi connectivity index (χ4v) is 2.24. The lowest BCUT2D eigenvalue weighted by Gasteiger charge is -2.07. The molecule has 0 bridgehead atoms. The Kier molecular flexibility index (Phi) is 3.21. The number of ether oxygens (including phenoxy) is 1. The van der Waals surface area contributed by atoms with E-state index in [1.54, 1.807) is 17.8 Å². The molecule has 1 aliphatic rings. The van der Waals surface area contributed by atoms with Gasteiger partial charge in [0.05, 0.1) is 6.10 Å². The van der Waals surface area contributed by atoms with Crippen LogP contribution in [0.3, 0.4) is 0 Å². The Morgan fingerprint density at radius 3 is 3.07 bits per heavy atom. The highest BCUT2D eigenvalue weighted by molar-refractivity contribution is 7.99. The average Bonchev–Trinajstić information content (AvgIpc) is 2.70. The van der Waals surface area contributed by atoms with Gasteiger partial charge in [-0.15, -0.1) is 22.0 Å². The van der Waals surface area contributed by atoms with E-state index in [4.69, 9.17) is 10.5 Å². The lowest BCUT2D eigenvalue weighted by molar-refractivity contribution is 0.129. The Morgan fingerprint density at radius 2 is 2.43 bits per heavy atom. The Labute approximate surface area is 87.2 Å². The first-order valence-corrected chi connectivity index (χ1v) is 5.67. The van der Waals surface area contributed by atoms with E-state index in [1.165, 1.54) is 6.42 Å². The summed E-state index contributed by atoms with van der Waals surface area (Å²) in [5, 5.41) is 8.67. The minimum Gasteiger partial charge on any atom is -0.382 e. The zero-order valence-corrected chi connectivity index (χ0v) is 8.67. The van der Waals surface area contributed by atoms with Gasteiger partial charge in [0.15, 0.2) is 0 Å². The maximum atomic E-state index is 5.50. The molecule has 1 fully saturated rings. The normalized spacial score (nSPS) is 21.3. The first-order valence-electron chi connectivity index (χ1n) is 4.68. The molecule has 1 aromatic rings. The van der Waals surface area contributed by atoms with Gasteiger partial charge in [-0.25, -0.2) is 0 Å². The van der Waals surface area contributed by atoms with Crippen molar-refractivity contribution in [2.24, 2.45) is 0 Å². The predicted molar refractivity (Wildman–Crippen MR) is 56.1 cm³/mol. The van der Waals surface area contributed by atoms with Crippen molar-refractivity contribution >= 4 is 17.6 Å². The van der Waals surface area contributed by atoms with Gasteiger partial charge >= 0.3 is 0 Å². The minimum atomic E-state index is 0.388. The Bertz CT molecular complexity index is 285. The Balaban J connectivity index is 1.82. The Hall–Kier alpha value is -0.810. The van der Waals surface area contributed by atoms with Gasteiger partial charge in [-0.1, -0.05) is 0 Å². The number of hydrogen-bond donors (Lipinski definition) is 1. The topological polar surface area (TPSA) is 61.0 Å². The summed E-state index contributed by atoms with van der Waals surface area (Å²) in [6.07, 6.45) is 2.73. The third-order valence-electron chi connectivity index (χ3n) is 2.10. The lowest BCUT2D eigenvalue weighted by atomic mass is 10.3. The van der Waals surface area contributed by atoms with Crippen LogP contribution >= 0.6 is 11.8 Å². The first kappa shape index (κ1) is 9.73. The summed E-state index contributed by atoms with van der Waals surface area (Å²) in [5.41, 5.74) is 5.44. The van der Waals surface area contributed by atoms with E-state index in [0.717, 1.165) is 23.8 Å². The summed E-state index contributed by atoms with van der Waals surface area (Å²) >= 11 is 1.67. The van der Waals surface area contributed by atoms with Crippen LogP contribution in [0.1, 0.15) is 12.8 Å². The fraction of sp³-hybridized carbons (Fsp3) is 0.556. The minimum absolute atomic E-state index is 0.388. The van der Waals surface area contributed by atoms with E-state index in [-0.39, 0.29) is 0 Å². The van der Waals surface area contributed by atoms with Gasteiger partial charge in [-0.2, -0.15) is 0 Å². The molecule has 76 valence electrons. The SMILES string of the molecule is Nc1ccc(SCC2CCCO2)nn1. The molecule has 0 radical (unpaired) electrons. The summed E-state index contributed by atoms with van der Waals surface area (Å²) in [6, 6.07) is 3.66. The lowest BCUT2D eigenvalue weighted by Crippen LogP contribution is -2.08. The van der Waals surface area contributed by atoms with Gasteiger partial charge in [0, 0.05) is 12.4 Å². The van der Waals surface area contributed by atoms with Crippen LogP contribution in [0.25, 0.3) is 0 Å². The van der Waals surface area contributed by atoms with Crippen molar-refractivity contribution < 1.29 is 4.74 Å². The quantitative estimate of drug-likeness (QED) is 0.764. The van der Waals surface area contributed by atoms with Crippen molar-refractivity contribution in [1.29, 1.82) is 0 Å². The summed E-state index contributed by atoms with van der Waals surface area (Å²) < 4.78 is 5.50. The van der Waals surface area contributed by atoms with Crippen molar-refractivity contribution in [3.8, 4) is 0 Å². The maximum Gasteiger partial charge on any atom is 0.146 e. The van der Waals surface area contributed by atoms with Gasteiger partial charge in [-0.05, 0) is 25.0 Å². The smallest absolute Gasteiger partial charge is 0.146 e. The van der Waals surface area contributed by atoms with Crippen molar-refractivity contribution in [3.63, 3.8) is 0 Å². The average molecular weight is 211 g/mol. The molecule has 1 saturated heterocycles. The van der Waals surface area contributed by atoms with E-state index >= 15 is 0 Å². The molecule has 5 heteroatoms. The molecule has 1 unspecified atom stereocenters. The Morgan fingerprint density at radius 1 is 1.50 bits per heavy atom.